The molecule has 0 bridgehead atoms. The number of thioether (sulfide) groups is 1. The Morgan fingerprint density at radius 2 is 2.10 bits per heavy atom. The lowest BCUT2D eigenvalue weighted by atomic mass is 9.79. The second-order valence-corrected chi connectivity index (χ2v) is 9.18. The maximum Gasteiger partial charge on any atom is 0.253 e. The van der Waals surface area contributed by atoms with Crippen molar-refractivity contribution in [3.8, 4) is 0 Å². The zero-order valence-electron chi connectivity index (χ0n) is 16.1. The van der Waals surface area contributed by atoms with Crippen molar-refractivity contribution >= 4 is 46.6 Å². The average Bonchev–Trinajstić information content (AvgIpc) is 3.35. The molecule has 1 spiro atoms. The molecule has 0 unspecified atom stereocenters. The van der Waals surface area contributed by atoms with Crippen molar-refractivity contribution in [2.24, 2.45) is 5.92 Å². The van der Waals surface area contributed by atoms with E-state index in [1.54, 1.807) is 12.1 Å². The second-order valence-electron chi connectivity index (χ2n) is 7.74. The molecule has 5 nitrogen and oxygen atoms in total. The molecule has 5 rings (SSSR count). The Morgan fingerprint density at radius 1 is 1.28 bits per heavy atom. The number of amides is 2. The van der Waals surface area contributed by atoms with Crippen LogP contribution in [0, 0.1) is 5.92 Å². The number of halogens is 1. The van der Waals surface area contributed by atoms with Crippen LogP contribution in [0.15, 0.2) is 48.5 Å². The Labute approximate surface area is 179 Å². The third-order valence-electron chi connectivity index (χ3n) is 6.35. The Kier molecular flexibility index (Phi) is 4.61. The Bertz CT molecular complexity index is 1000. The molecule has 0 aliphatic carbocycles. The van der Waals surface area contributed by atoms with Crippen molar-refractivity contribution < 1.29 is 9.59 Å². The van der Waals surface area contributed by atoms with Gasteiger partial charge in [-0.25, -0.2) is 0 Å². The van der Waals surface area contributed by atoms with Crippen molar-refractivity contribution in [3.63, 3.8) is 0 Å². The molecule has 7 heteroatoms. The van der Waals surface area contributed by atoms with Gasteiger partial charge in [-0.05, 0) is 37.6 Å². The molecule has 3 aliphatic rings. The predicted octanol–water partition coefficient (Wildman–Crippen LogP) is 3.94. The van der Waals surface area contributed by atoms with Crippen molar-refractivity contribution in [2.45, 2.75) is 24.9 Å². The lowest BCUT2D eigenvalue weighted by Gasteiger charge is -2.36. The fourth-order valence-electron chi connectivity index (χ4n) is 5.19. The van der Waals surface area contributed by atoms with Crippen LogP contribution < -0.4 is 10.2 Å². The predicted molar refractivity (Wildman–Crippen MR) is 117 cm³/mol. The Balaban J connectivity index is 1.61. The summed E-state index contributed by atoms with van der Waals surface area (Å²) in [5, 5.41) is 3.59. The highest BCUT2D eigenvalue weighted by Crippen LogP contribution is 2.57. The summed E-state index contributed by atoms with van der Waals surface area (Å²) in [6, 6.07) is 15.3. The summed E-state index contributed by atoms with van der Waals surface area (Å²) in [6.07, 6.45) is 0.678. The Morgan fingerprint density at radius 3 is 2.90 bits per heavy atom. The van der Waals surface area contributed by atoms with Gasteiger partial charge in [0.15, 0.2) is 0 Å². The summed E-state index contributed by atoms with van der Waals surface area (Å²) in [5.74, 6) is 1.18. The van der Waals surface area contributed by atoms with Gasteiger partial charge in [-0.1, -0.05) is 35.9 Å². The van der Waals surface area contributed by atoms with Crippen LogP contribution in [0.2, 0.25) is 5.02 Å². The Hall–Kier alpha value is -2.02. The van der Waals surface area contributed by atoms with Crippen molar-refractivity contribution in [1.82, 2.24) is 4.90 Å². The average molecular weight is 428 g/mol. The van der Waals surface area contributed by atoms with Gasteiger partial charge >= 0.3 is 0 Å². The van der Waals surface area contributed by atoms with Gasteiger partial charge in [0.2, 0.25) is 5.91 Å². The van der Waals surface area contributed by atoms with Crippen molar-refractivity contribution in [1.29, 1.82) is 0 Å². The molecule has 0 aromatic heterocycles. The van der Waals surface area contributed by atoms with Crippen molar-refractivity contribution in [3.05, 3.63) is 59.1 Å². The third-order valence-corrected chi connectivity index (χ3v) is 7.66. The minimum absolute atomic E-state index is 0.0254. The number of hydrogen-bond acceptors (Lipinski definition) is 4. The molecular weight excluding hydrogens is 406 g/mol. The van der Waals surface area contributed by atoms with E-state index in [4.69, 9.17) is 11.6 Å². The van der Waals surface area contributed by atoms with Gasteiger partial charge < -0.3 is 10.2 Å². The smallest absolute Gasteiger partial charge is 0.253 e. The van der Waals surface area contributed by atoms with E-state index in [-0.39, 0.29) is 17.9 Å². The number of benzene rings is 2. The largest absolute Gasteiger partial charge is 0.326 e. The zero-order chi connectivity index (χ0) is 20.2. The van der Waals surface area contributed by atoms with Crippen LogP contribution >= 0.6 is 23.4 Å². The summed E-state index contributed by atoms with van der Waals surface area (Å²) in [4.78, 5) is 31.5. The SMILES string of the molecule is CCN1C(=O)[C@]2(c3ccccc31)[C@@H](C(=O)Nc1cccc(Cl)c1)C[C@@H]1CSCN12. The van der Waals surface area contributed by atoms with E-state index in [2.05, 4.69) is 10.2 Å². The van der Waals surface area contributed by atoms with E-state index < -0.39 is 11.5 Å². The molecule has 0 saturated carbocycles. The lowest BCUT2D eigenvalue weighted by Crippen LogP contribution is -2.55. The summed E-state index contributed by atoms with van der Waals surface area (Å²) in [5.41, 5.74) is 1.62. The molecule has 3 aliphatic heterocycles. The van der Waals surface area contributed by atoms with E-state index in [1.807, 2.05) is 60.0 Å². The van der Waals surface area contributed by atoms with Crippen LogP contribution in [-0.4, -0.2) is 40.9 Å². The number of rotatable bonds is 3. The van der Waals surface area contributed by atoms with Crippen LogP contribution in [0.1, 0.15) is 18.9 Å². The van der Waals surface area contributed by atoms with Gasteiger partial charge in [0.1, 0.15) is 5.54 Å². The van der Waals surface area contributed by atoms with Crippen LogP contribution in [0.25, 0.3) is 0 Å². The summed E-state index contributed by atoms with van der Waals surface area (Å²) < 4.78 is 0. The topological polar surface area (TPSA) is 52.7 Å². The second kappa shape index (κ2) is 7.04. The molecule has 2 fully saturated rings. The quantitative estimate of drug-likeness (QED) is 0.806. The minimum Gasteiger partial charge on any atom is -0.326 e. The first-order valence-electron chi connectivity index (χ1n) is 9.89. The van der Waals surface area contributed by atoms with E-state index in [0.29, 0.717) is 23.7 Å². The standard InChI is InChI=1S/C22H22ClN3O2S/c1-2-25-19-9-4-3-8-17(19)22(21(25)28)18(11-16-12-29-13-26(16)22)20(27)24-15-7-5-6-14(23)10-15/h3-10,16,18H,2,11-13H2,1H3,(H,24,27)/t16-,18-,22+/m1/s1. The maximum atomic E-state index is 13.9. The number of para-hydroxylation sites is 1. The zero-order valence-corrected chi connectivity index (χ0v) is 17.7. The van der Waals surface area contributed by atoms with Gasteiger partial charge in [0.05, 0.1) is 5.92 Å². The molecule has 2 aromatic carbocycles. The van der Waals surface area contributed by atoms with Crippen molar-refractivity contribution in [2.75, 3.05) is 28.4 Å². The molecule has 3 heterocycles. The summed E-state index contributed by atoms with van der Waals surface area (Å²) in [6.45, 7) is 2.58. The molecule has 1 N–H and O–H groups in total. The monoisotopic (exact) mass is 427 g/mol. The maximum absolute atomic E-state index is 13.9. The number of nitrogens with one attached hydrogen (secondary N) is 1. The molecular formula is C22H22ClN3O2S. The third kappa shape index (κ3) is 2.66. The molecule has 3 atom stereocenters. The molecule has 2 amide bonds. The van der Waals surface area contributed by atoms with E-state index in [0.717, 1.165) is 22.9 Å². The summed E-state index contributed by atoms with van der Waals surface area (Å²) in [7, 11) is 0. The summed E-state index contributed by atoms with van der Waals surface area (Å²) >= 11 is 7.93. The number of carbonyl (C=O) groups is 2. The molecule has 29 heavy (non-hydrogen) atoms. The number of anilines is 2. The molecule has 2 aromatic rings. The number of nitrogens with zero attached hydrogens (tertiary/aromatic N) is 2. The lowest BCUT2D eigenvalue weighted by molar-refractivity contribution is -0.136. The van der Waals surface area contributed by atoms with Gasteiger partial charge in [-0.3, -0.25) is 14.5 Å². The molecule has 0 radical (unpaired) electrons. The normalized spacial score (nSPS) is 28.1. The van der Waals surface area contributed by atoms with Gasteiger partial charge in [-0.2, -0.15) is 0 Å². The van der Waals surface area contributed by atoms with Crippen LogP contribution in [-0.2, 0) is 15.1 Å². The highest BCUT2D eigenvalue weighted by atomic mass is 35.5. The first-order chi connectivity index (χ1) is 14.1. The number of hydrogen-bond donors (Lipinski definition) is 1. The van der Waals surface area contributed by atoms with E-state index in [1.165, 1.54) is 0 Å². The molecule has 150 valence electrons. The van der Waals surface area contributed by atoms with Gasteiger partial charge in [0.25, 0.3) is 5.91 Å². The van der Waals surface area contributed by atoms with Crippen LogP contribution in [0.4, 0.5) is 11.4 Å². The van der Waals surface area contributed by atoms with Gasteiger partial charge in [0, 0.05) is 46.2 Å². The van der Waals surface area contributed by atoms with Gasteiger partial charge in [-0.15, -0.1) is 11.8 Å². The van der Waals surface area contributed by atoms with E-state index in [9.17, 15) is 9.59 Å². The first-order valence-corrected chi connectivity index (χ1v) is 11.4. The van der Waals surface area contributed by atoms with Crippen LogP contribution in [0.5, 0.6) is 0 Å². The molecule has 2 saturated heterocycles. The highest BCUT2D eigenvalue weighted by molar-refractivity contribution is 7.99. The number of carbonyl (C=O) groups excluding carboxylic acids is 2. The first kappa shape index (κ1) is 19.0. The van der Waals surface area contributed by atoms with E-state index >= 15 is 0 Å². The van der Waals surface area contributed by atoms with Crippen LogP contribution in [0.3, 0.4) is 0 Å². The minimum atomic E-state index is -0.927. The number of fused-ring (bicyclic) bond motifs is 4. The highest BCUT2D eigenvalue weighted by Gasteiger charge is 2.67. The fraction of sp³-hybridized carbons (Fsp3) is 0.364. The number of likely N-dealkylation sites (N-methyl/N-ethyl adjacent to an activating group) is 1. The fourth-order valence-corrected chi connectivity index (χ4v) is 6.69.